The molecule has 1 amide bonds. The van der Waals surface area contributed by atoms with Gasteiger partial charge in [0.1, 0.15) is 5.75 Å². The quantitative estimate of drug-likeness (QED) is 0.554. The Balaban J connectivity index is 1.73. The number of ether oxygens (including phenoxy) is 1. The minimum Gasteiger partial charge on any atom is -0.497 e. The Hall–Kier alpha value is -2.59. The standard InChI is InChI=1S/C24H29F3N2O4S/c1-4-29(17(2)19-8-7-9-20(16-19)33-3)23(30)18-12-14-28(15-13-18)34(31,32)22-11-6-5-10-21(22)24(25,26)27/h5-11,16-18H,4,12-15H2,1-3H3. The van der Waals surface area contributed by atoms with Crippen molar-refractivity contribution in [1.29, 1.82) is 0 Å². The molecule has 10 heteroatoms. The number of sulfonamides is 1. The lowest BCUT2D eigenvalue weighted by atomic mass is 9.95. The highest BCUT2D eigenvalue weighted by molar-refractivity contribution is 7.89. The van der Waals surface area contributed by atoms with Crippen LogP contribution in [0.15, 0.2) is 53.4 Å². The molecule has 2 aromatic carbocycles. The van der Waals surface area contributed by atoms with E-state index in [1.807, 2.05) is 38.1 Å². The zero-order chi connectivity index (χ0) is 25.1. The number of methoxy groups -OCH3 is 1. The average Bonchev–Trinajstić information content (AvgIpc) is 2.84. The van der Waals surface area contributed by atoms with Crippen molar-refractivity contribution in [3.05, 3.63) is 59.7 Å². The monoisotopic (exact) mass is 498 g/mol. The first-order chi connectivity index (χ1) is 16.0. The zero-order valence-electron chi connectivity index (χ0n) is 19.4. The Bertz CT molecular complexity index is 1110. The van der Waals surface area contributed by atoms with Gasteiger partial charge in [-0.15, -0.1) is 0 Å². The fourth-order valence-corrected chi connectivity index (χ4v) is 6.03. The molecule has 0 aromatic heterocycles. The number of benzene rings is 2. The van der Waals surface area contributed by atoms with E-state index in [1.165, 1.54) is 6.07 Å². The molecule has 1 aliphatic heterocycles. The highest BCUT2D eigenvalue weighted by Gasteiger charge is 2.40. The number of hydrogen-bond acceptors (Lipinski definition) is 4. The van der Waals surface area contributed by atoms with Crippen LogP contribution in [0.5, 0.6) is 5.75 Å². The predicted octanol–water partition coefficient (Wildman–Crippen LogP) is 4.72. The number of rotatable bonds is 7. The minimum absolute atomic E-state index is 0.0178. The van der Waals surface area contributed by atoms with Gasteiger partial charge < -0.3 is 9.64 Å². The molecule has 0 aliphatic carbocycles. The number of alkyl halides is 3. The maximum Gasteiger partial charge on any atom is 0.417 e. The van der Waals surface area contributed by atoms with Crippen LogP contribution in [0.25, 0.3) is 0 Å². The van der Waals surface area contributed by atoms with Crippen LogP contribution in [0, 0.1) is 5.92 Å². The van der Waals surface area contributed by atoms with Crippen LogP contribution in [-0.2, 0) is 21.0 Å². The van der Waals surface area contributed by atoms with Crippen molar-refractivity contribution in [2.24, 2.45) is 5.92 Å². The highest BCUT2D eigenvalue weighted by atomic mass is 32.2. The smallest absolute Gasteiger partial charge is 0.417 e. The summed E-state index contributed by atoms with van der Waals surface area (Å²) in [6, 6.07) is 11.4. The minimum atomic E-state index is -4.78. The first kappa shape index (κ1) is 26.0. The number of nitrogens with zero attached hydrogens (tertiary/aromatic N) is 2. The van der Waals surface area contributed by atoms with Gasteiger partial charge in [0.05, 0.1) is 23.6 Å². The Morgan fingerprint density at radius 1 is 1.15 bits per heavy atom. The summed E-state index contributed by atoms with van der Waals surface area (Å²) in [5.41, 5.74) is -0.268. The van der Waals surface area contributed by atoms with Crippen LogP contribution in [-0.4, -0.2) is 50.3 Å². The van der Waals surface area contributed by atoms with E-state index in [0.717, 1.165) is 28.1 Å². The van der Waals surface area contributed by atoms with Crippen molar-refractivity contribution in [2.75, 3.05) is 26.7 Å². The molecule has 1 unspecified atom stereocenters. The summed E-state index contributed by atoms with van der Waals surface area (Å²) >= 11 is 0. The Morgan fingerprint density at radius 2 is 1.79 bits per heavy atom. The van der Waals surface area contributed by atoms with E-state index < -0.39 is 32.6 Å². The summed E-state index contributed by atoms with van der Waals surface area (Å²) in [4.78, 5) is 14.3. The van der Waals surface area contributed by atoms with Crippen LogP contribution in [0.1, 0.15) is 43.9 Å². The van der Waals surface area contributed by atoms with E-state index in [-0.39, 0.29) is 37.9 Å². The molecular formula is C24H29F3N2O4S. The Kier molecular flexibility index (Phi) is 7.92. The number of hydrogen-bond donors (Lipinski definition) is 0. The van der Waals surface area contributed by atoms with E-state index in [0.29, 0.717) is 12.3 Å². The van der Waals surface area contributed by atoms with Gasteiger partial charge in [-0.1, -0.05) is 24.3 Å². The second kappa shape index (κ2) is 10.4. The lowest BCUT2D eigenvalue weighted by Crippen LogP contribution is -2.45. The molecule has 0 spiro atoms. The normalized spacial score (nSPS) is 16.8. The van der Waals surface area contributed by atoms with Crippen LogP contribution >= 0.6 is 0 Å². The second-order valence-electron chi connectivity index (χ2n) is 8.25. The van der Waals surface area contributed by atoms with Crippen LogP contribution in [0.2, 0.25) is 0 Å². The molecule has 1 aliphatic rings. The van der Waals surface area contributed by atoms with Crippen molar-refractivity contribution in [3.8, 4) is 5.75 Å². The third kappa shape index (κ3) is 5.38. The lowest BCUT2D eigenvalue weighted by molar-refractivity contribution is -0.140. The predicted molar refractivity (Wildman–Crippen MR) is 122 cm³/mol. The molecule has 0 saturated carbocycles. The topological polar surface area (TPSA) is 66.9 Å². The van der Waals surface area contributed by atoms with E-state index in [2.05, 4.69) is 0 Å². The third-order valence-corrected chi connectivity index (χ3v) is 8.24. The molecule has 1 fully saturated rings. The van der Waals surface area contributed by atoms with Gasteiger partial charge in [-0.25, -0.2) is 8.42 Å². The highest BCUT2D eigenvalue weighted by Crippen LogP contribution is 2.36. The summed E-state index contributed by atoms with van der Waals surface area (Å²) < 4.78 is 72.4. The molecule has 1 heterocycles. The van der Waals surface area contributed by atoms with E-state index in [1.54, 1.807) is 12.0 Å². The van der Waals surface area contributed by atoms with Crippen LogP contribution in [0.3, 0.4) is 0 Å². The SMILES string of the molecule is CCN(C(=O)C1CCN(S(=O)(=O)c2ccccc2C(F)(F)F)CC1)C(C)c1cccc(OC)c1. The van der Waals surface area contributed by atoms with E-state index in [4.69, 9.17) is 4.74 Å². The van der Waals surface area contributed by atoms with Gasteiger partial charge in [0.25, 0.3) is 0 Å². The van der Waals surface area contributed by atoms with Gasteiger partial charge in [-0.2, -0.15) is 17.5 Å². The van der Waals surface area contributed by atoms with Gasteiger partial charge in [0, 0.05) is 25.6 Å². The Morgan fingerprint density at radius 3 is 2.38 bits per heavy atom. The second-order valence-corrected chi connectivity index (χ2v) is 10.2. The summed E-state index contributed by atoms with van der Waals surface area (Å²) in [6.07, 6.45) is -4.29. The number of carbonyl (C=O) groups excluding carboxylic acids is 1. The molecule has 1 atom stereocenters. The molecule has 2 aromatic rings. The van der Waals surface area contributed by atoms with E-state index in [9.17, 15) is 26.4 Å². The van der Waals surface area contributed by atoms with Crippen LogP contribution in [0.4, 0.5) is 13.2 Å². The summed E-state index contributed by atoms with van der Waals surface area (Å²) in [6.45, 7) is 4.23. The van der Waals surface area contributed by atoms with Crippen molar-refractivity contribution in [3.63, 3.8) is 0 Å². The van der Waals surface area contributed by atoms with Gasteiger partial charge in [-0.3, -0.25) is 4.79 Å². The average molecular weight is 499 g/mol. The summed E-state index contributed by atoms with van der Waals surface area (Å²) in [5.74, 6) is 0.188. The first-order valence-corrected chi connectivity index (χ1v) is 12.6. The fourth-order valence-electron chi connectivity index (χ4n) is 4.34. The molecule has 1 saturated heterocycles. The fraction of sp³-hybridized carbons (Fsp3) is 0.458. The molecule has 6 nitrogen and oxygen atoms in total. The van der Waals surface area contributed by atoms with E-state index >= 15 is 0 Å². The zero-order valence-corrected chi connectivity index (χ0v) is 20.2. The number of halogens is 3. The maximum atomic E-state index is 13.4. The number of piperidine rings is 1. The number of carbonyl (C=O) groups is 1. The van der Waals surface area contributed by atoms with Crippen LogP contribution < -0.4 is 4.74 Å². The molecule has 3 rings (SSSR count). The largest absolute Gasteiger partial charge is 0.497 e. The molecular weight excluding hydrogens is 469 g/mol. The van der Waals surface area contributed by atoms with Crippen molar-refractivity contribution in [1.82, 2.24) is 9.21 Å². The molecule has 34 heavy (non-hydrogen) atoms. The molecule has 0 N–H and O–H groups in total. The van der Waals surface area contributed by atoms with Crippen molar-refractivity contribution >= 4 is 15.9 Å². The third-order valence-electron chi connectivity index (χ3n) is 6.28. The van der Waals surface area contributed by atoms with Gasteiger partial charge in [0.15, 0.2) is 0 Å². The Labute approximate surface area is 198 Å². The number of amides is 1. The lowest BCUT2D eigenvalue weighted by Gasteiger charge is -2.36. The summed E-state index contributed by atoms with van der Waals surface area (Å²) in [5, 5.41) is 0. The maximum absolute atomic E-state index is 13.4. The molecule has 186 valence electrons. The molecule has 0 bridgehead atoms. The van der Waals surface area contributed by atoms with Gasteiger partial charge in [-0.05, 0) is 56.5 Å². The first-order valence-electron chi connectivity index (χ1n) is 11.1. The van der Waals surface area contributed by atoms with Crippen molar-refractivity contribution in [2.45, 2.75) is 43.8 Å². The van der Waals surface area contributed by atoms with Crippen molar-refractivity contribution < 1.29 is 31.1 Å². The summed E-state index contributed by atoms with van der Waals surface area (Å²) in [7, 11) is -2.77. The van der Waals surface area contributed by atoms with Gasteiger partial charge >= 0.3 is 6.18 Å². The van der Waals surface area contributed by atoms with Gasteiger partial charge in [0.2, 0.25) is 15.9 Å². The molecule has 0 radical (unpaired) electrons.